The number of hydrogen-bond donors (Lipinski definition) is 2. The molecule has 11 nitrogen and oxygen atoms in total. The molecule has 0 aliphatic heterocycles. The summed E-state index contributed by atoms with van der Waals surface area (Å²) in [4.78, 5) is 42.2. The van der Waals surface area contributed by atoms with Gasteiger partial charge in [-0.05, 0) is 43.3 Å². The largest absolute Gasteiger partial charge is 0.494 e. The summed E-state index contributed by atoms with van der Waals surface area (Å²) in [6.45, 7) is 2.45. The lowest BCUT2D eigenvalue weighted by Crippen LogP contribution is -2.15. The Morgan fingerprint density at radius 3 is 2.61 bits per heavy atom. The van der Waals surface area contributed by atoms with Crippen LogP contribution >= 0.6 is 11.8 Å². The molecule has 0 unspecified atom stereocenters. The van der Waals surface area contributed by atoms with Crippen LogP contribution in [0.25, 0.3) is 16.7 Å². The maximum Gasteiger partial charge on any atom is 0.269 e. The Labute approximate surface area is 190 Å². The van der Waals surface area contributed by atoms with Gasteiger partial charge in [0.1, 0.15) is 11.1 Å². The molecule has 0 atom stereocenters. The van der Waals surface area contributed by atoms with E-state index in [2.05, 4.69) is 20.4 Å². The van der Waals surface area contributed by atoms with E-state index >= 15 is 0 Å². The number of fused-ring (bicyclic) bond motifs is 1. The lowest BCUT2D eigenvalue weighted by Gasteiger charge is -2.07. The van der Waals surface area contributed by atoms with Gasteiger partial charge in [-0.1, -0.05) is 11.8 Å². The Kier molecular flexibility index (Phi) is 6.36. The first-order valence-electron chi connectivity index (χ1n) is 9.83. The van der Waals surface area contributed by atoms with Crippen LogP contribution in [0.5, 0.6) is 5.75 Å². The number of ether oxygens (including phenoxy) is 1. The summed E-state index contributed by atoms with van der Waals surface area (Å²) in [7, 11) is 0. The average molecular weight is 466 g/mol. The third-order valence-electron chi connectivity index (χ3n) is 4.51. The number of hydrogen-bond acceptors (Lipinski definition) is 8. The van der Waals surface area contributed by atoms with Crippen molar-refractivity contribution >= 4 is 40.1 Å². The normalized spacial score (nSPS) is 10.8. The van der Waals surface area contributed by atoms with Gasteiger partial charge in [0, 0.05) is 17.8 Å². The van der Waals surface area contributed by atoms with Crippen molar-refractivity contribution in [3.8, 4) is 11.4 Å². The summed E-state index contributed by atoms with van der Waals surface area (Å²) >= 11 is 1.07. The van der Waals surface area contributed by atoms with Crippen molar-refractivity contribution in [2.75, 3.05) is 17.7 Å². The molecule has 2 N–H and O–H groups in total. The minimum atomic E-state index is -0.499. The van der Waals surface area contributed by atoms with E-state index < -0.39 is 10.5 Å². The molecule has 1 amide bonds. The second-order valence-corrected chi connectivity index (χ2v) is 7.70. The summed E-state index contributed by atoms with van der Waals surface area (Å²) in [6, 6.07) is 12.7. The van der Waals surface area contributed by atoms with Crippen LogP contribution in [0.4, 0.5) is 11.4 Å². The number of nitro groups is 1. The fraction of sp³-hybridized carbons (Fsp3) is 0.143. The summed E-state index contributed by atoms with van der Waals surface area (Å²) in [6.07, 6.45) is 1.37. The molecular formula is C21H18N6O5S. The van der Waals surface area contributed by atoms with Crippen LogP contribution in [-0.4, -0.2) is 42.9 Å². The molecule has 0 radical (unpaired) electrons. The molecule has 168 valence electrons. The molecular weight excluding hydrogens is 448 g/mol. The van der Waals surface area contributed by atoms with Crippen molar-refractivity contribution in [1.29, 1.82) is 0 Å². The number of H-pyrrole nitrogens is 1. The Morgan fingerprint density at radius 1 is 1.21 bits per heavy atom. The van der Waals surface area contributed by atoms with E-state index in [0.717, 1.165) is 11.8 Å². The summed E-state index contributed by atoms with van der Waals surface area (Å²) in [5.74, 6) is 0.466. The lowest BCUT2D eigenvalue weighted by atomic mass is 10.3. The molecule has 0 bridgehead atoms. The fourth-order valence-corrected chi connectivity index (χ4v) is 3.66. The van der Waals surface area contributed by atoms with Crippen molar-refractivity contribution in [3.05, 3.63) is 75.2 Å². The number of thioether (sulfide) groups is 1. The summed E-state index contributed by atoms with van der Waals surface area (Å²) in [5, 5.41) is 18.3. The van der Waals surface area contributed by atoms with Gasteiger partial charge in [-0.2, -0.15) is 5.10 Å². The maximum atomic E-state index is 12.4. The zero-order valence-corrected chi connectivity index (χ0v) is 18.2. The minimum absolute atomic E-state index is 0.0212. The SMILES string of the molecule is CCOc1ccc(NC(=O)CSc2nc3c(cnn3-c3ccc([N+](=O)[O-])cc3)c(=O)[nH]2)cc1. The summed E-state index contributed by atoms with van der Waals surface area (Å²) < 4.78 is 6.79. The molecule has 12 heteroatoms. The van der Waals surface area contributed by atoms with Crippen molar-refractivity contribution in [3.63, 3.8) is 0 Å². The van der Waals surface area contributed by atoms with Crippen molar-refractivity contribution in [2.24, 2.45) is 0 Å². The van der Waals surface area contributed by atoms with Gasteiger partial charge in [0.05, 0.1) is 29.2 Å². The molecule has 0 fully saturated rings. The Hall–Kier alpha value is -4.19. The minimum Gasteiger partial charge on any atom is -0.494 e. The van der Waals surface area contributed by atoms with Crippen molar-refractivity contribution in [1.82, 2.24) is 19.7 Å². The van der Waals surface area contributed by atoms with E-state index in [0.29, 0.717) is 23.7 Å². The van der Waals surface area contributed by atoms with E-state index in [1.165, 1.54) is 35.1 Å². The molecule has 4 aromatic rings. The number of nitrogens with zero attached hydrogens (tertiary/aromatic N) is 4. The second kappa shape index (κ2) is 9.53. The number of carbonyl (C=O) groups is 1. The van der Waals surface area contributed by atoms with Gasteiger partial charge in [0.25, 0.3) is 11.2 Å². The van der Waals surface area contributed by atoms with Crippen LogP contribution in [-0.2, 0) is 4.79 Å². The maximum absolute atomic E-state index is 12.4. The number of amides is 1. The molecule has 0 saturated heterocycles. The van der Waals surface area contributed by atoms with Gasteiger partial charge in [0.15, 0.2) is 10.8 Å². The average Bonchev–Trinajstić information content (AvgIpc) is 3.24. The number of non-ortho nitro benzene ring substituents is 1. The van der Waals surface area contributed by atoms with Crippen molar-refractivity contribution < 1.29 is 14.5 Å². The zero-order valence-electron chi connectivity index (χ0n) is 17.3. The van der Waals surface area contributed by atoms with Crippen LogP contribution in [0.2, 0.25) is 0 Å². The predicted molar refractivity (Wildman–Crippen MR) is 123 cm³/mol. The van der Waals surface area contributed by atoms with Crippen LogP contribution < -0.4 is 15.6 Å². The van der Waals surface area contributed by atoms with Gasteiger partial charge in [-0.25, -0.2) is 9.67 Å². The third kappa shape index (κ3) is 5.01. The predicted octanol–water partition coefficient (Wildman–Crippen LogP) is 3.15. The van der Waals surface area contributed by atoms with Crippen LogP contribution in [0.15, 0.2) is 64.7 Å². The van der Waals surface area contributed by atoms with E-state index in [9.17, 15) is 19.7 Å². The van der Waals surface area contributed by atoms with Crippen LogP contribution in [0, 0.1) is 10.1 Å². The van der Waals surface area contributed by atoms with Crippen LogP contribution in [0.3, 0.4) is 0 Å². The smallest absolute Gasteiger partial charge is 0.269 e. The second-order valence-electron chi connectivity index (χ2n) is 6.73. The van der Waals surface area contributed by atoms with Gasteiger partial charge < -0.3 is 15.0 Å². The van der Waals surface area contributed by atoms with E-state index in [1.54, 1.807) is 24.3 Å². The number of nitrogens with one attached hydrogen (secondary N) is 2. The van der Waals surface area contributed by atoms with Crippen molar-refractivity contribution in [2.45, 2.75) is 12.1 Å². The first-order chi connectivity index (χ1) is 15.9. The van der Waals surface area contributed by atoms with E-state index in [-0.39, 0.29) is 33.5 Å². The molecule has 2 aromatic heterocycles. The molecule has 0 spiro atoms. The van der Waals surface area contributed by atoms with E-state index in [1.807, 2.05) is 6.92 Å². The molecule has 0 aliphatic rings. The number of aromatic amines is 1. The number of carbonyl (C=O) groups excluding carboxylic acids is 1. The zero-order chi connectivity index (χ0) is 23.4. The summed E-state index contributed by atoms with van der Waals surface area (Å²) in [5.41, 5.74) is 0.954. The van der Waals surface area contributed by atoms with Gasteiger partial charge >= 0.3 is 0 Å². The first kappa shape index (κ1) is 22.0. The molecule has 4 rings (SSSR count). The van der Waals surface area contributed by atoms with Gasteiger partial charge in [-0.3, -0.25) is 19.7 Å². The van der Waals surface area contributed by atoms with Gasteiger partial charge in [-0.15, -0.1) is 0 Å². The highest BCUT2D eigenvalue weighted by Crippen LogP contribution is 2.21. The molecule has 33 heavy (non-hydrogen) atoms. The lowest BCUT2D eigenvalue weighted by molar-refractivity contribution is -0.384. The highest BCUT2D eigenvalue weighted by atomic mass is 32.2. The molecule has 2 aromatic carbocycles. The Bertz CT molecular complexity index is 1360. The quantitative estimate of drug-likeness (QED) is 0.174. The third-order valence-corrected chi connectivity index (χ3v) is 5.38. The Morgan fingerprint density at radius 2 is 1.94 bits per heavy atom. The number of aromatic nitrogens is 4. The van der Waals surface area contributed by atoms with Gasteiger partial charge in [0.2, 0.25) is 5.91 Å². The highest BCUT2D eigenvalue weighted by molar-refractivity contribution is 7.99. The number of nitro benzene ring substituents is 1. The first-order valence-corrected chi connectivity index (χ1v) is 10.8. The van der Waals surface area contributed by atoms with Crippen LogP contribution in [0.1, 0.15) is 6.92 Å². The number of benzene rings is 2. The molecule has 0 saturated carbocycles. The number of rotatable bonds is 8. The van der Waals surface area contributed by atoms with E-state index in [4.69, 9.17) is 4.74 Å². The number of anilines is 1. The molecule has 2 heterocycles. The standard InChI is InChI=1S/C21H18N6O5S/c1-2-32-16-9-3-13(4-10-16)23-18(28)12-33-21-24-19-17(20(29)25-21)11-22-26(19)14-5-7-15(8-6-14)27(30)31/h3-11H,2,12H2,1H3,(H,23,28)(H,24,25,29). The molecule has 0 aliphatic carbocycles. The topological polar surface area (TPSA) is 145 Å². The monoisotopic (exact) mass is 466 g/mol. The highest BCUT2D eigenvalue weighted by Gasteiger charge is 2.14. The fourth-order valence-electron chi connectivity index (χ4n) is 3.00. The Balaban J connectivity index is 1.49.